The molecule has 0 aliphatic rings. The van der Waals surface area contributed by atoms with Crippen LogP contribution in [0, 0.1) is 3.57 Å². The van der Waals surface area contributed by atoms with Gasteiger partial charge in [-0.15, -0.1) is 11.6 Å². The van der Waals surface area contributed by atoms with Crippen molar-refractivity contribution in [2.45, 2.75) is 11.8 Å². The fourth-order valence-corrected chi connectivity index (χ4v) is 2.20. The number of hydrogen-bond donors (Lipinski definition) is 0. The molecule has 0 N–H and O–H groups in total. The van der Waals surface area contributed by atoms with E-state index >= 15 is 0 Å². The van der Waals surface area contributed by atoms with E-state index in [1.807, 2.05) is 12.1 Å². The molecule has 13 heavy (non-hydrogen) atoms. The lowest BCUT2D eigenvalue weighted by Gasteiger charge is -2.05. The van der Waals surface area contributed by atoms with Crippen molar-refractivity contribution in [3.63, 3.8) is 0 Å². The first-order valence-corrected chi connectivity index (χ1v) is 5.56. The second-order valence-electron chi connectivity index (χ2n) is 2.59. The van der Waals surface area contributed by atoms with Gasteiger partial charge in [0.2, 0.25) is 0 Å². The Hall–Kier alpha value is 0.200. The van der Waals surface area contributed by atoms with Crippen molar-refractivity contribution in [2.75, 3.05) is 0 Å². The summed E-state index contributed by atoms with van der Waals surface area (Å²) in [6, 6.07) is 5.54. The maximum Gasteiger partial charge on any atom is 0.138 e. The van der Waals surface area contributed by atoms with Crippen LogP contribution in [-0.4, -0.2) is 11.7 Å². The van der Waals surface area contributed by atoms with Crippen LogP contribution in [0.3, 0.4) is 0 Å². The minimum atomic E-state index is -0.449. The van der Waals surface area contributed by atoms with E-state index in [0.717, 1.165) is 15.4 Å². The van der Waals surface area contributed by atoms with Crippen molar-refractivity contribution < 1.29 is 4.79 Å². The highest BCUT2D eigenvalue weighted by atomic mass is 127. The van der Waals surface area contributed by atoms with Crippen molar-refractivity contribution in [1.29, 1.82) is 0 Å². The zero-order valence-electron chi connectivity index (χ0n) is 6.64. The van der Waals surface area contributed by atoms with Gasteiger partial charge >= 0.3 is 0 Å². The molecule has 0 radical (unpaired) electrons. The summed E-state index contributed by atoms with van der Waals surface area (Å²) in [5, 5.41) is 0.250. The zero-order chi connectivity index (χ0) is 9.84. The third kappa shape index (κ3) is 3.44. The molecule has 0 aliphatic heterocycles. The Morgan fingerprint density at radius 2 is 2.23 bits per heavy atom. The van der Waals surface area contributed by atoms with E-state index in [1.54, 1.807) is 6.07 Å². The fourth-order valence-electron chi connectivity index (χ4n) is 0.945. The van der Waals surface area contributed by atoms with Crippen LogP contribution >= 0.6 is 45.8 Å². The third-order valence-corrected chi connectivity index (χ3v) is 3.07. The molecular formula is C9H7Cl2IO. The van der Waals surface area contributed by atoms with Gasteiger partial charge in [-0.25, -0.2) is 0 Å². The zero-order valence-corrected chi connectivity index (χ0v) is 10.3. The summed E-state index contributed by atoms with van der Waals surface area (Å²) < 4.78 is 1.04. The number of carbonyl (C=O) groups excluding carboxylic acids is 1. The molecule has 70 valence electrons. The summed E-state index contributed by atoms with van der Waals surface area (Å²) in [5.74, 6) is 0. The molecule has 0 aromatic heterocycles. The van der Waals surface area contributed by atoms with Crippen LogP contribution in [0.4, 0.5) is 0 Å². The molecular weight excluding hydrogens is 322 g/mol. The van der Waals surface area contributed by atoms with Crippen molar-refractivity contribution in [1.82, 2.24) is 0 Å². The van der Waals surface area contributed by atoms with E-state index in [-0.39, 0.29) is 0 Å². The van der Waals surface area contributed by atoms with Crippen molar-refractivity contribution in [3.05, 3.63) is 32.4 Å². The van der Waals surface area contributed by atoms with Crippen molar-refractivity contribution in [3.8, 4) is 0 Å². The Labute approximate surface area is 101 Å². The molecule has 0 saturated heterocycles. The molecule has 4 heteroatoms. The number of alkyl halides is 1. The van der Waals surface area contributed by atoms with E-state index in [4.69, 9.17) is 23.2 Å². The van der Waals surface area contributed by atoms with Crippen LogP contribution in [0.2, 0.25) is 5.02 Å². The van der Waals surface area contributed by atoms with Crippen LogP contribution in [0.15, 0.2) is 18.2 Å². The lowest BCUT2D eigenvalue weighted by Crippen LogP contribution is -2.05. The molecule has 1 aromatic carbocycles. The molecule has 0 aliphatic carbocycles. The highest BCUT2D eigenvalue weighted by Gasteiger charge is 2.07. The average Bonchev–Trinajstić information content (AvgIpc) is 2.09. The predicted molar refractivity (Wildman–Crippen MR) is 63.6 cm³/mol. The Kier molecular flexibility index (Phi) is 4.49. The topological polar surface area (TPSA) is 17.1 Å². The highest BCUT2D eigenvalue weighted by Crippen LogP contribution is 2.19. The quantitative estimate of drug-likeness (QED) is 0.473. The lowest BCUT2D eigenvalue weighted by molar-refractivity contribution is -0.107. The highest BCUT2D eigenvalue weighted by molar-refractivity contribution is 14.1. The average molecular weight is 329 g/mol. The first-order chi connectivity index (χ1) is 6.13. The van der Waals surface area contributed by atoms with E-state index in [2.05, 4.69) is 22.6 Å². The Morgan fingerprint density at radius 1 is 1.54 bits per heavy atom. The molecule has 1 aromatic rings. The Balaban J connectivity index is 2.83. The second kappa shape index (κ2) is 5.17. The van der Waals surface area contributed by atoms with Gasteiger partial charge in [0.25, 0.3) is 0 Å². The molecule has 0 heterocycles. The van der Waals surface area contributed by atoms with E-state index in [1.165, 1.54) is 0 Å². The summed E-state index contributed by atoms with van der Waals surface area (Å²) in [5.41, 5.74) is 1.05. The summed E-state index contributed by atoms with van der Waals surface area (Å²) in [4.78, 5) is 10.3. The van der Waals surface area contributed by atoms with Crippen LogP contribution < -0.4 is 0 Å². The number of carbonyl (C=O) groups is 1. The monoisotopic (exact) mass is 328 g/mol. The number of rotatable bonds is 3. The normalized spacial score (nSPS) is 12.5. The van der Waals surface area contributed by atoms with Gasteiger partial charge in [-0.3, -0.25) is 0 Å². The van der Waals surface area contributed by atoms with E-state index in [9.17, 15) is 4.79 Å². The summed E-state index contributed by atoms with van der Waals surface area (Å²) >= 11 is 13.7. The second-order valence-corrected chi connectivity index (χ2v) is 4.75. The van der Waals surface area contributed by atoms with Gasteiger partial charge in [-0.1, -0.05) is 17.7 Å². The molecule has 0 saturated carbocycles. The van der Waals surface area contributed by atoms with Crippen molar-refractivity contribution >= 4 is 52.1 Å². The van der Waals surface area contributed by atoms with Gasteiger partial charge in [-0.05, 0) is 46.7 Å². The lowest BCUT2D eigenvalue weighted by atomic mass is 10.1. The maximum absolute atomic E-state index is 10.3. The van der Waals surface area contributed by atoms with Gasteiger partial charge in [0.1, 0.15) is 6.29 Å². The van der Waals surface area contributed by atoms with Crippen LogP contribution in [0.1, 0.15) is 5.56 Å². The van der Waals surface area contributed by atoms with Gasteiger partial charge in [0, 0.05) is 8.59 Å². The van der Waals surface area contributed by atoms with Crippen LogP contribution in [0.25, 0.3) is 0 Å². The number of aldehydes is 1. The standard InChI is InChI=1S/C9H7Cl2IO/c10-7-2-1-6(9(12)4-7)3-8(11)5-13/h1-2,4-5,8H,3H2. The molecule has 1 nitrogen and oxygen atoms in total. The minimum Gasteiger partial charge on any atom is -0.302 e. The van der Waals surface area contributed by atoms with Crippen molar-refractivity contribution in [2.24, 2.45) is 0 Å². The fraction of sp³-hybridized carbons (Fsp3) is 0.222. The number of hydrogen-bond acceptors (Lipinski definition) is 1. The molecule has 1 unspecified atom stereocenters. The molecule has 0 spiro atoms. The Morgan fingerprint density at radius 3 is 2.77 bits per heavy atom. The number of benzene rings is 1. The predicted octanol–water partition coefficient (Wildman–Crippen LogP) is 3.29. The Bertz CT molecular complexity index is 314. The molecule has 0 bridgehead atoms. The molecule has 1 atom stereocenters. The van der Waals surface area contributed by atoms with Gasteiger partial charge in [0.15, 0.2) is 0 Å². The smallest absolute Gasteiger partial charge is 0.138 e. The molecule has 1 rings (SSSR count). The summed E-state index contributed by atoms with van der Waals surface area (Å²) in [7, 11) is 0. The minimum absolute atomic E-state index is 0.449. The summed E-state index contributed by atoms with van der Waals surface area (Å²) in [6.45, 7) is 0. The maximum atomic E-state index is 10.3. The third-order valence-electron chi connectivity index (χ3n) is 1.58. The molecule has 0 amide bonds. The number of halogens is 3. The largest absolute Gasteiger partial charge is 0.302 e. The van der Waals surface area contributed by atoms with E-state index < -0.39 is 5.38 Å². The van der Waals surface area contributed by atoms with Crippen LogP contribution in [-0.2, 0) is 11.2 Å². The van der Waals surface area contributed by atoms with Gasteiger partial charge in [-0.2, -0.15) is 0 Å². The summed E-state index contributed by atoms with van der Waals surface area (Å²) in [6.07, 6.45) is 1.30. The van der Waals surface area contributed by atoms with Gasteiger partial charge < -0.3 is 4.79 Å². The van der Waals surface area contributed by atoms with E-state index in [0.29, 0.717) is 11.4 Å². The van der Waals surface area contributed by atoms with Gasteiger partial charge in [0.05, 0.1) is 5.38 Å². The molecule has 0 fully saturated rings. The first-order valence-electron chi connectivity index (χ1n) is 3.67. The SMILES string of the molecule is O=CC(Cl)Cc1ccc(Cl)cc1I. The first kappa shape index (κ1) is 11.3. The van der Waals surface area contributed by atoms with Crippen LogP contribution in [0.5, 0.6) is 0 Å².